The Morgan fingerprint density at radius 1 is 1.25 bits per heavy atom. The van der Waals surface area contributed by atoms with E-state index in [1.807, 2.05) is 19.9 Å². The highest BCUT2D eigenvalue weighted by Gasteiger charge is 2.34. The Morgan fingerprint density at radius 3 is 2.75 bits per heavy atom. The molecule has 0 amide bonds. The van der Waals surface area contributed by atoms with Crippen molar-refractivity contribution in [2.45, 2.75) is 52.5 Å². The van der Waals surface area contributed by atoms with E-state index in [1.165, 1.54) is 0 Å². The minimum atomic E-state index is -1.50. The average molecular weight is 491 g/mol. The lowest BCUT2D eigenvalue weighted by molar-refractivity contribution is -0.157. The maximum atomic E-state index is 13.4. The van der Waals surface area contributed by atoms with Crippen molar-refractivity contribution >= 4 is 16.9 Å². The number of nitrogens with two attached hydrogens (primary N) is 3. The van der Waals surface area contributed by atoms with Crippen LogP contribution in [0.1, 0.15) is 52.3 Å². The van der Waals surface area contributed by atoms with E-state index in [9.17, 15) is 14.7 Å². The summed E-state index contributed by atoms with van der Waals surface area (Å²) in [4.78, 5) is 30.2. The lowest BCUT2D eigenvalue weighted by Gasteiger charge is -2.21. The number of pyridine rings is 2. The van der Waals surface area contributed by atoms with E-state index in [4.69, 9.17) is 27.0 Å². The number of aliphatic hydroxyl groups is 1. The summed E-state index contributed by atoms with van der Waals surface area (Å²) < 4.78 is 6.62. The van der Waals surface area contributed by atoms with Crippen LogP contribution in [0.25, 0.3) is 22.3 Å². The van der Waals surface area contributed by atoms with Crippen LogP contribution < -0.4 is 22.9 Å². The van der Waals surface area contributed by atoms with Crippen molar-refractivity contribution in [1.82, 2.24) is 14.6 Å². The molecule has 0 bridgehead atoms. The van der Waals surface area contributed by atoms with Crippen molar-refractivity contribution in [2.75, 3.05) is 6.54 Å². The van der Waals surface area contributed by atoms with Crippen LogP contribution in [-0.2, 0) is 29.2 Å². The number of benzene rings is 1. The molecule has 7 N–H and O–H groups in total. The van der Waals surface area contributed by atoms with Crippen LogP contribution in [0.5, 0.6) is 0 Å². The van der Waals surface area contributed by atoms with E-state index >= 15 is 0 Å². The number of cyclic esters (lactones) is 1. The van der Waals surface area contributed by atoms with Crippen molar-refractivity contribution in [3.8, 4) is 11.4 Å². The minimum Gasteiger partial charge on any atom is -0.458 e. The third kappa shape index (κ3) is 3.93. The van der Waals surface area contributed by atoms with Gasteiger partial charge in [-0.1, -0.05) is 0 Å². The van der Waals surface area contributed by atoms with Crippen molar-refractivity contribution in [1.29, 1.82) is 0 Å². The van der Waals surface area contributed by atoms with E-state index in [0.29, 0.717) is 43.1 Å². The zero-order chi connectivity index (χ0) is 25.7. The monoisotopic (exact) mass is 490 g/mol. The molecule has 0 saturated heterocycles. The Kier molecular flexibility index (Phi) is 6.03. The quantitative estimate of drug-likeness (QED) is 0.177. The molecular formula is C26H30N6O4. The zero-order valence-corrected chi connectivity index (χ0v) is 20.4. The summed E-state index contributed by atoms with van der Waals surface area (Å²) in [6.45, 7) is 5.10. The largest absolute Gasteiger partial charge is 0.458 e. The van der Waals surface area contributed by atoms with Gasteiger partial charge in [0.2, 0.25) is 0 Å². The number of fused-ring (bicyclic) bond motifs is 5. The van der Waals surface area contributed by atoms with E-state index < -0.39 is 12.1 Å². The molecule has 0 spiro atoms. The predicted molar refractivity (Wildman–Crippen MR) is 135 cm³/mol. The number of aryl methyl sites for hydroxylation is 2. The fourth-order valence-electron chi connectivity index (χ4n) is 4.96. The summed E-state index contributed by atoms with van der Waals surface area (Å²) in [5.74, 6) is 5.61. The molecule has 2 aliphatic rings. The number of hydrogen-bond donors (Lipinski definition) is 4. The topological polar surface area (TPSA) is 163 Å². The molecule has 2 aliphatic heterocycles. The number of allylic oxidation sites excluding steroid dienone is 1. The summed E-state index contributed by atoms with van der Waals surface area (Å²) in [7, 11) is 0. The molecule has 4 heterocycles. The highest BCUT2D eigenvalue weighted by atomic mass is 16.5. The lowest BCUT2D eigenvalue weighted by Crippen LogP contribution is -2.32. The van der Waals surface area contributed by atoms with Crippen LogP contribution in [-0.4, -0.2) is 32.2 Å². The predicted octanol–water partition coefficient (Wildman–Crippen LogP) is 1.35. The van der Waals surface area contributed by atoms with Crippen LogP contribution >= 0.6 is 0 Å². The smallest absolute Gasteiger partial charge is 0.340 e. The standard InChI is InChI=1S/C26H30N6O4/c1-13-6-16-18(10-31(29)9-15(28)4-3-5-27)19-11-32-22(23(19)30-21(16)7-14(13)2)8-17-20(25(32)34)12-36-26(35)24(17)33/h6-9,24,33H,3-5,10-12,27-29H2,1-2H3/b15-9-. The SMILES string of the molecule is Cc1cc2nc3c(c(CN(N)/C=C(\N)CCCN)c2cc1C)Cn1c-3cc2c(c1=O)COC(=O)C2O. The van der Waals surface area contributed by atoms with Crippen LogP contribution in [0.15, 0.2) is 34.9 Å². The van der Waals surface area contributed by atoms with Crippen molar-refractivity contribution in [3.63, 3.8) is 0 Å². The summed E-state index contributed by atoms with van der Waals surface area (Å²) in [5.41, 5.74) is 18.6. The van der Waals surface area contributed by atoms with Crippen LogP contribution in [0.2, 0.25) is 0 Å². The molecule has 188 valence electrons. The number of ether oxygens (including phenoxy) is 1. The van der Waals surface area contributed by atoms with E-state index in [2.05, 4.69) is 6.07 Å². The van der Waals surface area contributed by atoms with Gasteiger partial charge < -0.3 is 30.9 Å². The van der Waals surface area contributed by atoms with E-state index in [0.717, 1.165) is 39.6 Å². The summed E-state index contributed by atoms with van der Waals surface area (Å²) in [5, 5.41) is 12.9. The number of rotatable bonds is 6. The summed E-state index contributed by atoms with van der Waals surface area (Å²) >= 11 is 0. The first-order chi connectivity index (χ1) is 17.2. The van der Waals surface area contributed by atoms with Gasteiger partial charge in [-0.2, -0.15) is 0 Å². The molecule has 0 radical (unpaired) electrons. The number of nitrogens with zero attached hydrogens (tertiary/aromatic N) is 3. The summed E-state index contributed by atoms with van der Waals surface area (Å²) in [6, 6.07) is 5.80. The number of carbonyl (C=O) groups is 1. The van der Waals surface area contributed by atoms with Crippen molar-refractivity contribution in [3.05, 3.63) is 73.8 Å². The van der Waals surface area contributed by atoms with Gasteiger partial charge >= 0.3 is 5.97 Å². The van der Waals surface area contributed by atoms with Gasteiger partial charge in [-0.15, -0.1) is 0 Å². The first kappa shape index (κ1) is 24.0. The van der Waals surface area contributed by atoms with Gasteiger partial charge in [0.1, 0.15) is 6.61 Å². The Labute approximate surface area is 207 Å². The van der Waals surface area contributed by atoms with Gasteiger partial charge in [-0.05, 0) is 68.1 Å². The number of hydrogen-bond acceptors (Lipinski definition) is 9. The minimum absolute atomic E-state index is 0.162. The van der Waals surface area contributed by atoms with Crippen molar-refractivity contribution in [2.24, 2.45) is 17.3 Å². The second-order valence-corrected chi connectivity index (χ2v) is 9.50. The Bertz CT molecular complexity index is 1490. The van der Waals surface area contributed by atoms with E-state index in [1.54, 1.807) is 21.8 Å². The fraction of sp³-hybridized carbons (Fsp3) is 0.346. The molecule has 1 aromatic carbocycles. The second kappa shape index (κ2) is 9.05. The van der Waals surface area contributed by atoms with E-state index in [-0.39, 0.29) is 23.3 Å². The first-order valence-corrected chi connectivity index (χ1v) is 11.9. The number of aliphatic hydroxyl groups excluding tert-OH is 1. The molecule has 36 heavy (non-hydrogen) atoms. The first-order valence-electron chi connectivity index (χ1n) is 11.9. The average Bonchev–Trinajstić information content (AvgIpc) is 3.20. The van der Waals surface area contributed by atoms with Gasteiger partial charge in [-0.3, -0.25) is 4.79 Å². The molecular weight excluding hydrogens is 460 g/mol. The lowest BCUT2D eigenvalue weighted by atomic mass is 9.96. The maximum absolute atomic E-state index is 13.4. The van der Waals surface area contributed by atoms with Gasteiger partial charge in [0, 0.05) is 28.4 Å². The molecule has 0 fully saturated rings. The third-order valence-corrected chi connectivity index (χ3v) is 7.03. The zero-order valence-electron chi connectivity index (χ0n) is 20.4. The highest BCUT2D eigenvalue weighted by molar-refractivity contribution is 5.89. The molecule has 10 heteroatoms. The van der Waals surface area contributed by atoms with Crippen LogP contribution in [0.4, 0.5) is 0 Å². The summed E-state index contributed by atoms with van der Waals surface area (Å²) in [6.07, 6.45) is 1.63. The second-order valence-electron chi connectivity index (χ2n) is 9.50. The molecule has 0 saturated carbocycles. The Hall–Kier alpha value is -3.73. The fourth-order valence-corrected chi connectivity index (χ4v) is 4.96. The number of hydrazine groups is 1. The van der Waals surface area contributed by atoms with Crippen LogP contribution in [0.3, 0.4) is 0 Å². The normalized spacial score (nSPS) is 16.5. The molecule has 10 nitrogen and oxygen atoms in total. The van der Waals surface area contributed by atoms with Gasteiger partial charge in [0.15, 0.2) is 6.10 Å². The highest BCUT2D eigenvalue weighted by Crippen LogP contribution is 2.38. The van der Waals surface area contributed by atoms with Crippen molar-refractivity contribution < 1.29 is 14.6 Å². The number of carbonyl (C=O) groups excluding carboxylic acids is 1. The van der Waals surface area contributed by atoms with Crippen LogP contribution in [0, 0.1) is 13.8 Å². The third-order valence-electron chi connectivity index (χ3n) is 7.03. The number of aromatic nitrogens is 2. The molecule has 2 aromatic heterocycles. The molecule has 1 atom stereocenters. The molecule has 5 rings (SSSR count). The Morgan fingerprint density at radius 2 is 2.00 bits per heavy atom. The number of esters is 1. The Balaban J connectivity index is 1.68. The maximum Gasteiger partial charge on any atom is 0.340 e. The van der Waals surface area contributed by atoms with Gasteiger partial charge in [0.25, 0.3) is 5.56 Å². The molecule has 3 aromatic rings. The molecule has 0 aliphatic carbocycles. The van der Waals surface area contributed by atoms with Gasteiger partial charge in [-0.25, -0.2) is 15.6 Å². The van der Waals surface area contributed by atoms with Gasteiger partial charge in [0.05, 0.1) is 35.6 Å². The molecule has 1 unspecified atom stereocenters.